The third-order valence-electron chi connectivity index (χ3n) is 4.42. The molecular weight excluding hydrogens is 350 g/mol. The van der Waals surface area contributed by atoms with Gasteiger partial charge in [-0.2, -0.15) is 0 Å². The van der Waals surface area contributed by atoms with E-state index >= 15 is 0 Å². The molecule has 1 aliphatic rings. The average Bonchev–Trinajstić information content (AvgIpc) is 3.31. The molecule has 3 rings (SSSR count). The highest BCUT2D eigenvalue weighted by Gasteiger charge is 2.19. The number of aromatic nitrogens is 1. The second-order valence-corrected chi connectivity index (χ2v) is 7.25. The fourth-order valence-corrected chi connectivity index (χ4v) is 3.94. The van der Waals surface area contributed by atoms with Crippen molar-refractivity contribution in [2.75, 3.05) is 26.7 Å². The van der Waals surface area contributed by atoms with Crippen LogP contribution in [-0.4, -0.2) is 48.4 Å². The summed E-state index contributed by atoms with van der Waals surface area (Å²) < 4.78 is 5.16. The first-order valence-electron chi connectivity index (χ1n) is 8.76. The van der Waals surface area contributed by atoms with Gasteiger partial charge in [0, 0.05) is 31.6 Å². The smallest absolute Gasteiger partial charge is 0.263 e. The molecule has 0 radical (unpaired) electrons. The number of hydrogen-bond acceptors (Lipinski definition) is 5. The maximum absolute atomic E-state index is 12.4. The van der Waals surface area contributed by atoms with E-state index in [0.717, 1.165) is 42.3 Å². The lowest BCUT2D eigenvalue weighted by Gasteiger charge is -2.15. The van der Waals surface area contributed by atoms with Crippen molar-refractivity contribution < 1.29 is 14.3 Å². The van der Waals surface area contributed by atoms with Crippen molar-refractivity contribution in [2.45, 2.75) is 26.2 Å². The number of rotatable bonds is 6. The van der Waals surface area contributed by atoms with Crippen molar-refractivity contribution >= 4 is 23.2 Å². The lowest BCUT2D eigenvalue weighted by molar-refractivity contribution is -0.129. The molecule has 2 aromatic rings. The molecule has 1 N–H and O–H groups in total. The van der Waals surface area contributed by atoms with E-state index in [0.29, 0.717) is 23.5 Å². The van der Waals surface area contributed by atoms with Gasteiger partial charge in [0.15, 0.2) is 0 Å². The lowest BCUT2D eigenvalue weighted by atomic mass is 10.2. The van der Waals surface area contributed by atoms with Crippen LogP contribution in [0.3, 0.4) is 0 Å². The number of benzene rings is 1. The molecule has 1 aromatic carbocycles. The van der Waals surface area contributed by atoms with E-state index in [1.165, 1.54) is 11.3 Å². The van der Waals surface area contributed by atoms with Crippen molar-refractivity contribution in [1.29, 1.82) is 0 Å². The minimum absolute atomic E-state index is 0.114. The van der Waals surface area contributed by atoms with Crippen LogP contribution in [0.15, 0.2) is 24.3 Å². The lowest BCUT2D eigenvalue weighted by Crippen LogP contribution is -2.32. The minimum atomic E-state index is -0.172. The summed E-state index contributed by atoms with van der Waals surface area (Å²) >= 11 is 1.36. The first kappa shape index (κ1) is 18.4. The predicted octanol–water partition coefficient (Wildman–Crippen LogP) is 2.87. The number of likely N-dealkylation sites (tertiary alicyclic amines) is 1. The molecular formula is C19H23N3O3S. The predicted molar refractivity (Wildman–Crippen MR) is 102 cm³/mol. The van der Waals surface area contributed by atoms with Crippen LogP contribution < -0.4 is 10.1 Å². The highest BCUT2D eigenvalue weighted by atomic mass is 32.1. The number of aryl methyl sites for hydroxylation is 1. The first-order chi connectivity index (χ1) is 12.6. The van der Waals surface area contributed by atoms with E-state index in [4.69, 9.17) is 4.74 Å². The molecule has 2 amide bonds. The number of thiazole rings is 1. The number of hydrogen-bond donors (Lipinski definition) is 1. The highest BCUT2D eigenvalue weighted by Crippen LogP contribution is 2.29. The third-order valence-corrected chi connectivity index (χ3v) is 5.63. The van der Waals surface area contributed by atoms with Crippen LogP contribution in [-0.2, 0) is 4.79 Å². The molecule has 7 heteroatoms. The number of carbonyl (C=O) groups excluding carboxylic acids is 2. The van der Waals surface area contributed by atoms with Crippen LogP contribution in [0.5, 0.6) is 5.75 Å². The van der Waals surface area contributed by atoms with Gasteiger partial charge in [-0.1, -0.05) is 0 Å². The SMILES string of the molecule is COc1ccc(-c2nc(C)c(C(=O)NCCC(=O)N3CCCC3)s2)cc1. The number of nitrogens with one attached hydrogen (secondary N) is 1. The Kier molecular flexibility index (Phi) is 5.88. The van der Waals surface area contributed by atoms with Crippen LogP contribution >= 0.6 is 11.3 Å². The van der Waals surface area contributed by atoms with Crippen LogP contribution in [0.1, 0.15) is 34.6 Å². The maximum Gasteiger partial charge on any atom is 0.263 e. The summed E-state index contributed by atoms with van der Waals surface area (Å²) in [5, 5.41) is 3.64. The number of carbonyl (C=O) groups is 2. The highest BCUT2D eigenvalue weighted by molar-refractivity contribution is 7.17. The Labute approximate surface area is 157 Å². The zero-order chi connectivity index (χ0) is 18.5. The van der Waals surface area contributed by atoms with Gasteiger partial charge in [0.2, 0.25) is 5.91 Å². The summed E-state index contributed by atoms with van der Waals surface area (Å²) in [6.45, 7) is 3.86. The Morgan fingerprint density at radius 3 is 2.58 bits per heavy atom. The van der Waals surface area contributed by atoms with E-state index in [-0.39, 0.29) is 11.8 Å². The molecule has 0 unspecified atom stereocenters. The van der Waals surface area contributed by atoms with Crippen LogP contribution in [0, 0.1) is 6.92 Å². The van der Waals surface area contributed by atoms with Crippen molar-refractivity contribution in [2.24, 2.45) is 0 Å². The fraction of sp³-hybridized carbons (Fsp3) is 0.421. The number of methoxy groups -OCH3 is 1. The topological polar surface area (TPSA) is 71.5 Å². The Morgan fingerprint density at radius 1 is 1.23 bits per heavy atom. The summed E-state index contributed by atoms with van der Waals surface area (Å²) in [5.74, 6) is 0.722. The Bertz CT molecular complexity index is 780. The van der Waals surface area contributed by atoms with Gasteiger partial charge < -0.3 is 15.0 Å². The van der Waals surface area contributed by atoms with Crippen molar-refractivity contribution in [3.05, 3.63) is 34.8 Å². The average molecular weight is 373 g/mol. The second-order valence-electron chi connectivity index (χ2n) is 6.26. The van der Waals surface area contributed by atoms with E-state index in [2.05, 4.69) is 10.3 Å². The number of nitrogens with zero attached hydrogens (tertiary/aromatic N) is 2. The molecule has 0 atom stereocenters. The van der Waals surface area contributed by atoms with E-state index in [1.807, 2.05) is 36.1 Å². The monoisotopic (exact) mass is 373 g/mol. The van der Waals surface area contributed by atoms with Crippen LogP contribution in [0.25, 0.3) is 10.6 Å². The van der Waals surface area contributed by atoms with Gasteiger partial charge in [-0.25, -0.2) is 4.98 Å². The van der Waals surface area contributed by atoms with E-state index in [1.54, 1.807) is 7.11 Å². The number of ether oxygens (including phenoxy) is 1. The van der Waals surface area contributed by atoms with E-state index < -0.39 is 0 Å². The second kappa shape index (κ2) is 8.31. The summed E-state index contributed by atoms with van der Waals surface area (Å²) in [6, 6.07) is 7.59. The quantitative estimate of drug-likeness (QED) is 0.845. The minimum Gasteiger partial charge on any atom is -0.497 e. The molecule has 2 heterocycles. The summed E-state index contributed by atoms with van der Waals surface area (Å²) in [5.41, 5.74) is 1.64. The molecule has 138 valence electrons. The summed E-state index contributed by atoms with van der Waals surface area (Å²) in [7, 11) is 1.62. The molecule has 0 bridgehead atoms. The first-order valence-corrected chi connectivity index (χ1v) is 9.58. The maximum atomic E-state index is 12.4. The number of amides is 2. The van der Waals surface area contributed by atoms with Crippen LogP contribution in [0.2, 0.25) is 0 Å². The molecule has 0 aliphatic carbocycles. The van der Waals surface area contributed by atoms with Crippen molar-refractivity contribution in [3.8, 4) is 16.3 Å². The van der Waals surface area contributed by atoms with Gasteiger partial charge in [-0.05, 0) is 44.0 Å². The van der Waals surface area contributed by atoms with E-state index in [9.17, 15) is 9.59 Å². The van der Waals surface area contributed by atoms with Gasteiger partial charge in [0.25, 0.3) is 5.91 Å². The largest absolute Gasteiger partial charge is 0.497 e. The summed E-state index contributed by atoms with van der Waals surface area (Å²) in [4.78, 5) is 31.4. The van der Waals surface area contributed by atoms with Gasteiger partial charge in [0.05, 0.1) is 12.8 Å². The zero-order valence-electron chi connectivity index (χ0n) is 15.1. The van der Waals surface area contributed by atoms with Crippen molar-refractivity contribution in [1.82, 2.24) is 15.2 Å². The van der Waals surface area contributed by atoms with Gasteiger partial charge >= 0.3 is 0 Å². The van der Waals surface area contributed by atoms with Crippen molar-refractivity contribution in [3.63, 3.8) is 0 Å². The van der Waals surface area contributed by atoms with Gasteiger partial charge in [-0.3, -0.25) is 9.59 Å². The zero-order valence-corrected chi connectivity index (χ0v) is 15.9. The van der Waals surface area contributed by atoms with Crippen LogP contribution in [0.4, 0.5) is 0 Å². The van der Waals surface area contributed by atoms with Gasteiger partial charge in [-0.15, -0.1) is 11.3 Å². The molecule has 6 nitrogen and oxygen atoms in total. The molecule has 1 aliphatic heterocycles. The molecule has 0 spiro atoms. The van der Waals surface area contributed by atoms with Gasteiger partial charge in [0.1, 0.15) is 15.6 Å². The molecule has 0 saturated carbocycles. The molecule has 1 saturated heterocycles. The summed E-state index contributed by atoms with van der Waals surface area (Å²) in [6.07, 6.45) is 2.49. The molecule has 1 fully saturated rings. The third kappa shape index (κ3) is 4.22. The fourth-order valence-electron chi connectivity index (χ4n) is 2.95. The Balaban J connectivity index is 1.58. The standard InChI is InChI=1S/C19H23N3O3S/c1-13-17(18(24)20-10-9-16(23)22-11-3-4-12-22)26-19(21-13)14-5-7-15(25-2)8-6-14/h5-8H,3-4,9-12H2,1-2H3,(H,20,24). The molecule has 26 heavy (non-hydrogen) atoms. The molecule has 1 aromatic heterocycles. The Hall–Kier alpha value is -2.41. The Morgan fingerprint density at radius 2 is 1.92 bits per heavy atom. The normalized spacial score (nSPS) is 13.7.